The fourth-order valence-electron chi connectivity index (χ4n) is 2.69. The predicted molar refractivity (Wildman–Crippen MR) is 122 cm³/mol. The maximum atomic E-state index is 12.5. The zero-order valence-electron chi connectivity index (χ0n) is 16.7. The van der Waals surface area contributed by atoms with Gasteiger partial charge in [0.1, 0.15) is 11.6 Å². The van der Waals surface area contributed by atoms with Crippen LogP contribution in [0.2, 0.25) is 0 Å². The Kier molecular flexibility index (Phi) is 6.10. The molecular formula is C21H18N4O4S2. The minimum atomic E-state index is -0.598. The third kappa shape index (κ3) is 4.64. The molecule has 2 aromatic rings. The Morgan fingerprint density at radius 2 is 2.10 bits per heavy atom. The predicted octanol–water partition coefficient (Wildman–Crippen LogP) is 4.46. The molecule has 1 aromatic heterocycles. The highest BCUT2D eigenvalue weighted by atomic mass is 32.2. The number of amidine groups is 3. The van der Waals surface area contributed by atoms with E-state index in [4.69, 9.17) is 14.6 Å². The number of hydrogen-bond donors (Lipinski definition) is 1. The number of esters is 1. The first kappa shape index (κ1) is 21.1. The minimum absolute atomic E-state index is 0.0447. The fourth-order valence-corrected chi connectivity index (χ4v) is 4.48. The Bertz CT molecular complexity index is 1120. The van der Waals surface area contributed by atoms with E-state index in [1.807, 2.05) is 0 Å². The molecule has 0 unspecified atom stereocenters. The Balaban J connectivity index is 1.50. The van der Waals surface area contributed by atoms with E-state index in [9.17, 15) is 9.59 Å². The molecule has 0 aliphatic carbocycles. The van der Waals surface area contributed by atoms with Crippen LogP contribution in [-0.4, -0.2) is 38.7 Å². The molecule has 4 rings (SSSR count). The van der Waals surface area contributed by atoms with Crippen LogP contribution in [0, 0.1) is 11.3 Å². The van der Waals surface area contributed by atoms with E-state index in [2.05, 4.69) is 23.2 Å². The van der Waals surface area contributed by atoms with Crippen molar-refractivity contribution in [3.63, 3.8) is 0 Å². The second-order valence-corrected chi connectivity index (χ2v) is 8.76. The van der Waals surface area contributed by atoms with Gasteiger partial charge in [0.2, 0.25) is 10.9 Å². The van der Waals surface area contributed by atoms with Crippen molar-refractivity contribution in [3.8, 4) is 5.75 Å². The zero-order chi connectivity index (χ0) is 22.0. The lowest BCUT2D eigenvalue weighted by Gasteiger charge is -2.24. The normalized spacial score (nSPS) is 17.1. The summed E-state index contributed by atoms with van der Waals surface area (Å²) in [6.07, 6.45) is 2.99. The van der Waals surface area contributed by atoms with E-state index in [1.165, 1.54) is 24.1 Å². The van der Waals surface area contributed by atoms with Crippen LogP contribution in [0.25, 0.3) is 6.08 Å². The topological polar surface area (TPSA) is 108 Å². The molecule has 0 fully saturated rings. The highest BCUT2D eigenvalue weighted by Crippen LogP contribution is 2.32. The van der Waals surface area contributed by atoms with E-state index in [0.29, 0.717) is 27.6 Å². The average molecular weight is 455 g/mol. The lowest BCUT2D eigenvalue weighted by molar-refractivity contribution is -0.114. The Labute approximate surface area is 187 Å². The van der Waals surface area contributed by atoms with Gasteiger partial charge < -0.3 is 9.15 Å². The summed E-state index contributed by atoms with van der Waals surface area (Å²) >= 11 is 2.64. The number of amides is 1. The van der Waals surface area contributed by atoms with Crippen LogP contribution in [0.3, 0.4) is 0 Å². The maximum absolute atomic E-state index is 12.5. The van der Waals surface area contributed by atoms with E-state index in [0.717, 1.165) is 17.7 Å². The molecule has 2 aliphatic rings. The van der Waals surface area contributed by atoms with Gasteiger partial charge in [-0.1, -0.05) is 37.7 Å². The van der Waals surface area contributed by atoms with Crippen molar-refractivity contribution in [1.82, 2.24) is 4.90 Å². The van der Waals surface area contributed by atoms with Gasteiger partial charge in [-0.3, -0.25) is 10.2 Å². The molecule has 1 amide bonds. The largest absolute Gasteiger partial charge is 0.457 e. The van der Waals surface area contributed by atoms with Crippen LogP contribution >= 0.6 is 23.7 Å². The third-order valence-electron chi connectivity index (χ3n) is 4.16. The fraction of sp³-hybridized carbons (Fsp3) is 0.190. The van der Waals surface area contributed by atoms with E-state index in [-0.39, 0.29) is 17.2 Å². The lowest BCUT2D eigenvalue weighted by atomic mass is 10.1. The Morgan fingerprint density at radius 3 is 2.77 bits per heavy atom. The van der Waals surface area contributed by atoms with Gasteiger partial charge >= 0.3 is 5.97 Å². The standard InChI is InChI=1S/C21H18N4O4S2/c1-12(2)11-30-21-24-31-20-23-18(26)15(17(22)25(20)21)10-13-5-7-14(8-6-13)29-19(27)16-4-3-9-28-16/h3-10,12,22H,11H2,1-2H3/b15-10-,22-17?. The van der Waals surface area contributed by atoms with Crippen molar-refractivity contribution in [1.29, 1.82) is 5.41 Å². The molecule has 158 valence electrons. The van der Waals surface area contributed by atoms with Crippen LogP contribution in [0.5, 0.6) is 5.75 Å². The second kappa shape index (κ2) is 8.94. The molecule has 8 nitrogen and oxygen atoms in total. The molecule has 0 spiro atoms. The van der Waals surface area contributed by atoms with Crippen LogP contribution < -0.4 is 4.74 Å². The third-order valence-corrected chi connectivity index (χ3v) is 6.35. The molecular weight excluding hydrogens is 436 g/mol. The molecule has 31 heavy (non-hydrogen) atoms. The van der Waals surface area contributed by atoms with Gasteiger partial charge in [0.25, 0.3) is 5.91 Å². The van der Waals surface area contributed by atoms with Crippen LogP contribution in [0.4, 0.5) is 0 Å². The van der Waals surface area contributed by atoms with Crippen LogP contribution in [0.15, 0.2) is 62.0 Å². The summed E-state index contributed by atoms with van der Waals surface area (Å²) in [5.41, 5.74) is 0.842. The highest BCUT2D eigenvalue weighted by molar-refractivity contribution is 8.19. The quantitative estimate of drug-likeness (QED) is 0.307. The van der Waals surface area contributed by atoms with Crippen molar-refractivity contribution in [2.75, 3.05) is 5.75 Å². The highest BCUT2D eigenvalue weighted by Gasteiger charge is 2.37. The van der Waals surface area contributed by atoms with Gasteiger partial charge in [0.15, 0.2) is 5.17 Å². The van der Waals surface area contributed by atoms with Crippen molar-refractivity contribution in [2.45, 2.75) is 13.8 Å². The number of carbonyl (C=O) groups excluding carboxylic acids is 2. The molecule has 0 saturated carbocycles. The minimum Gasteiger partial charge on any atom is -0.457 e. The molecule has 2 aliphatic heterocycles. The zero-order valence-corrected chi connectivity index (χ0v) is 18.3. The summed E-state index contributed by atoms with van der Waals surface area (Å²) < 4.78 is 14.6. The number of rotatable bonds is 5. The summed E-state index contributed by atoms with van der Waals surface area (Å²) in [4.78, 5) is 30.1. The molecule has 0 radical (unpaired) electrons. The number of thioether (sulfide) groups is 1. The van der Waals surface area contributed by atoms with Crippen molar-refractivity contribution >= 4 is 57.8 Å². The molecule has 0 bridgehead atoms. The molecule has 1 N–H and O–H groups in total. The molecule has 1 aromatic carbocycles. The maximum Gasteiger partial charge on any atom is 0.379 e. The van der Waals surface area contributed by atoms with Gasteiger partial charge in [-0.15, -0.1) is 0 Å². The van der Waals surface area contributed by atoms with E-state index >= 15 is 0 Å². The number of nitrogens with zero attached hydrogens (tertiary/aromatic N) is 3. The SMILES string of the molecule is CC(C)CSC1=NSC2=NC(=O)/C(=C\c3ccc(OC(=O)c4ccco4)cc3)C(=N)N12. The number of fused-ring (bicyclic) bond motifs is 1. The van der Waals surface area contributed by atoms with Gasteiger partial charge in [0.05, 0.1) is 23.8 Å². The van der Waals surface area contributed by atoms with Crippen molar-refractivity contribution < 1.29 is 18.7 Å². The van der Waals surface area contributed by atoms with Crippen LogP contribution in [0.1, 0.15) is 30.0 Å². The van der Waals surface area contributed by atoms with Gasteiger partial charge in [-0.05, 0) is 41.8 Å². The van der Waals surface area contributed by atoms with Crippen molar-refractivity contribution in [3.05, 3.63) is 59.6 Å². The first-order valence-electron chi connectivity index (χ1n) is 9.39. The lowest BCUT2D eigenvalue weighted by Crippen LogP contribution is -2.41. The van der Waals surface area contributed by atoms with Crippen molar-refractivity contribution in [2.24, 2.45) is 15.3 Å². The van der Waals surface area contributed by atoms with E-state index in [1.54, 1.807) is 41.3 Å². The average Bonchev–Trinajstić information content (AvgIpc) is 3.41. The van der Waals surface area contributed by atoms with Gasteiger partial charge in [-0.2, -0.15) is 9.39 Å². The summed E-state index contributed by atoms with van der Waals surface area (Å²) in [7, 11) is 0. The number of hydrogen-bond acceptors (Lipinski definition) is 8. The monoisotopic (exact) mass is 454 g/mol. The molecule has 10 heteroatoms. The molecule has 0 atom stereocenters. The number of carbonyl (C=O) groups is 2. The number of aliphatic imine (C=N–C) groups is 1. The first-order chi connectivity index (χ1) is 14.9. The summed E-state index contributed by atoms with van der Waals surface area (Å²) in [6, 6.07) is 9.72. The first-order valence-corrected chi connectivity index (χ1v) is 11.2. The van der Waals surface area contributed by atoms with Crippen LogP contribution in [-0.2, 0) is 4.79 Å². The Hall–Kier alpha value is -3.11. The number of nitrogens with one attached hydrogen (secondary N) is 1. The number of ether oxygens (including phenoxy) is 1. The summed E-state index contributed by atoms with van der Waals surface area (Å²) in [5, 5.41) is 9.61. The van der Waals surface area contributed by atoms with E-state index < -0.39 is 11.9 Å². The molecule has 0 saturated heterocycles. The second-order valence-electron chi connectivity index (χ2n) is 7.05. The smallest absolute Gasteiger partial charge is 0.379 e. The number of benzene rings is 1. The molecule has 3 heterocycles. The van der Waals surface area contributed by atoms with Gasteiger partial charge in [0, 0.05) is 5.75 Å². The summed E-state index contributed by atoms with van der Waals surface area (Å²) in [6.45, 7) is 4.22. The summed E-state index contributed by atoms with van der Waals surface area (Å²) in [5.74, 6) is 0.725. The van der Waals surface area contributed by atoms with Gasteiger partial charge in [-0.25, -0.2) is 9.69 Å². The Morgan fingerprint density at radius 1 is 1.32 bits per heavy atom. The number of furan rings is 1.